The van der Waals surface area contributed by atoms with Gasteiger partial charge in [-0.15, -0.1) is 24.0 Å². The Kier molecular flexibility index (Phi) is 12.2. The number of likely N-dealkylation sites (tertiary alicyclic amines) is 1. The number of amides is 1. The standard InChI is InChI=1S/C23H36N4O3.HI/c1-24-23(25-11-3-13-30-18-21-9-14-29-15-10-21)26-16-19-5-7-20(8-6-19)17-27-12-2-4-22(27)28;/h5-8,21H,2-4,9-18H2,1H3,(H2,24,25,26);1H. The van der Waals surface area contributed by atoms with E-state index < -0.39 is 0 Å². The molecular weight excluding hydrogens is 507 g/mol. The second kappa shape index (κ2) is 14.6. The van der Waals surface area contributed by atoms with Crippen molar-refractivity contribution >= 4 is 35.8 Å². The van der Waals surface area contributed by atoms with Crippen LogP contribution in [0, 0.1) is 5.92 Å². The number of benzene rings is 1. The normalized spacial score (nSPS) is 17.5. The molecule has 3 rings (SSSR count). The number of nitrogens with zero attached hydrogens (tertiary/aromatic N) is 2. The zero-order chi connectivity index (χ0) is 21.0. The fourth-order valence-electron chi connectivity index (χ4n) is 3.80. The van der Waals surface area contributed by atoms with Gasteiger partial charge in [0, 0.05) is 66.1 Å². The van der Waals surface area contributed by atoms with E-state index in [1.807, 2.05) is 4.90 Å². The Morgan fingerprint density at radius 1 is 1.19 bits per heavy atom. The number of hydrogen-bond donors (Lipinski definition) is 2. The van der Waals surface area contributed by atoms with Gasteiger partial charge in [-0.3, -0.25) is 9.79 Å². The molecule has 2 N–H and O–H groups in total. The Balaban J connectivity index is 0.00000341. The highest BCUT2D eigenvalue weighted by Gasteiger charge is 2.19. The van der Waals surface area contributed by atoms with Gasteiger partial charge in [0.25, 0.3) is 0 Å². The molecule has 2 fully saturated rings. The van der Waals surface area contributed by atoms with E-state index in [-0.39, 0.29) is 29.9 Å². The second-order valence-electron chi connectivity index (χ2n) is 8.07. The topological polar surface area (TPSA) is 75.2 Å². The van der Waals surface area contributed by atoms with Crippen LogP contribution < -0.4 is 10.6 Å². The summed E-state index contributed by atoms with van der Waals surface area (Å²) >= 11 is 0. The van der Waals surface area contributed by atoms with Gasteiger partial charge in [0.1, 0.15) is 0 Å². The summed E-state index contributed by atoms with van der Waals surface area (Å²) in [5.74, 6) is 1.72. The summed E-state index contributed by atoms with van der Waals surface area (Å²) in [6, 6.07) is 8.43. The van der Waals surface area contributed by atoms with Crippen LogP contribution in [0.25, 0.3) is 0 Å². The molecule has 2 aliphatic rings. The number of carbonyl (C=O) groups excluding carboxylic acids is 1. The van der Waals surface area contributed by atoms with E-state index >= 15 is 0 Å². The van der Waals surface area contributed by atoms with E-state index in [9.17, 15) is 4.79 Å². The first-order valence-electron chi connectivity index (χ1n) is 11.2. The predicted molar refractivity (Wildman–Crippen MR) is 134 cm³/mol. The van der Waals surface area contributed by atoms with E-state index in [1.54, 1.807) is 7.05 Å². The van der Waals surface area contributed by atoms with Crippen molar-refractivity contribution in [3.8, 4) is 0 Å². The molecule has 1 aromatic carbocycles. The van der Waals surface area contributed by atoms with Gasteiger partial charge in [-0.1, -0.05) is 24.3 Å². The van der Waals surface area contributed by atoms with Crippen molar-refractivity contribution in [3.63, 3.8) is 0 Å². The monoisotopic (exact) mass is 544 g/mol. The summed E-state index contributed by atoms with van der Waals surface area (Å²) in [5, 5.41) is 6.68. The van der Waals surface area contributed by atoms with E-state index in [4.69, 9.17) is 9.47 Å². The van der Waals surface area contributed by atoms with Crippen molar-refractivity contribution in [2.45, 2.75) is 45.2 Å². The minimum absolute atomic E-state index is 0. The molecule has 31 heavy (non-hydrogen) atoms. The first kappa shape index (κ1) is 25.9. The molecule has 7 nitrogen and oxygen atoms in total. The van der Waals surface area contributed by atoms with Crippen LogP contribution in [0.3, 0.4) is 0 Å². The molecule has 0 aliphatic carbocycles. The summed E-state index contributed by atoms with van der Waals surface area (Å²) < 4.78 is 11.2. The molecule has 0 atom stereocenters. The average Bonchev–Trinajstić information content (AvgIpc) is 3.18. The van der Waals surface area contributed by atoms with Crippen LogP contribution in [0.15, 0.2) is 29.3 Å². The third kappa shape index (κ3) is 9.33. The van der Waals surface area contributed by atoms with Crippen LogP contribution in [0.4, 0.5) is 0 Å². The lowest BCUT2D eigenvalue weighted by atomic mass is 10.0. The molecule has 2 saturated heterocycles. The summed E-state index contributed by atoms with van der Waals surface area (Å²) in [5.41, 5.74) is 2.37. The van der Waals surface area contributed by atoms with Gasteiger partial charge in [-0.25, -0.2) is 0 Å². The number of halogens is 1. The lowest BCUT2D eigenvalue weighted by Crippen LogP contribution is -2.37. The smallest absolute Gasteiger partial charge is 0.222 e. The lowest BCUT2D eigenvalue weighted by molar-refractivity contribution is -0.128. The van der Waals surface area contributed by atoms with Gasteiger partial charge in [0.2, 0.25) is 5.91 Å². The number of rotatable bonds is 10. The molecule has 0 bridgehead atoms. The number of aliphatic imine (C=N–C) groups is 1. The van der Waals surface area contributed by atoms with Crippen molar-refractivity contribution < 1.29 is 14.3 Å². The fraction of sp³-hybridized carbons (Fsp3) is 0.652. The van der Waals surface area contributed by atoms with Crippen molar-refractivity contribution in [3.05, 3.63) is 35.4 Å². The molecule has 0 saturated carbocycles. The molecule has 174 valence electrons. The molecule has 1 amide bonds. The van der Waals surface area contributed by atoms with Gasteiger partial charge < -0.3 is 25.0 Å². The highest BCUT2D eigenvalue weighted by Crippen LogP contribution is 2.15. The van der Waals surface area contributed by atoms with Crippen LogP contribution >= 0.6 is 24.0 Å². The van der Waals surface area contributed by atoms with Crippen LogP contribution in [0.2, 0.25) is 0 Å². The maximum absolute atomic E-state index is 11.8. The Hall–Kier alpha value is -1.39. The Bertz CT molecular complexity index is 678. The number of nitrogens with one attached hydrogen (secondary N) is 2. The maximum atomic E-state index is 11.8. The third-order valence-corrected chi connectivity index (χ3v) is 5.70. The largest absolute Gasteiger partial charge is 0.381 e. The minimum atomic E-state index is 0. The van der Waals surface area contributed by atoms with Crippen LogP contribution in [-0.4, -0.2) is 63.3 Å². The molecule has 2 heterocycles. The summed E-state index contributed by atoms with van der Waals surface area (Å²) in [6.45, 7) is 6.49. The minimum Gasteiger partial charge on any atom is -0.381 e. The summed E-state index contributed by atoms with van der Waals surface area (Å²) in [6.07, 6.45) is 4.86. The molecular formula is C23H37IN4O3. The fourth-order valence-corrected chi connectivity index (χ4v) is 3.80. The van der Waals surface area contributed by atoms with Gasteiger partial charge >= 0.3 is 0 Å². The molecule has 0 unspecified atom stereocenters. The quantitative estimate of drug-likeness (QED) is 0.205. The van der Waals surface area contributed by atoms with Gasteiger partial charge in [-0.2, -0.15) is 0 Å². The predicted octanol–water partition coefficient (Wildman–Crippen LogP) is 2.93. The summed E-state index contributed by atoms with van der Waals surface area (Å²) in [4.78, 5) is 18.0. The zero-order valence-corrected chi connectivity index (χ0v) is 20.9. The Morgan fingerprint density at radius 2 is 1.94 bits per heavy atom. The van der Waals surface area contributed by atoms with Crippen LogP contribution in [0.1, 0.15) is 43.2 Å². The Morgan fingerprint density at radius 3 is 2.61 bits per heavy atom. The highest BCUT2D eigenvalue weighted by molar-refractivity contribution is 14.0. The number of hydrogen-bond acceptors (Lipinski definition) is 4. The van der Waals surface area contributed by atoms with Crippen LogP contribution in [0.5, 0.6) is 0 Å². The van der Waals surface area contributed by atoms with Gasteiger partial charge in [0.05, 0.1) is 0 Å². The zero-order valence-electron chi connectivity index (χ0n) is 18.6. The summed E-state index contributed by atoms with van der Waals surface area (Å²) in [7, 11) is 1.78. The van der Waals surface area contributed by atoms with Crippen molar-refractivity contribution in [1.82, 2.24) is 15.5 Å². The highest BCUT2D eigenvalue weighted by atomic mass is 127. The average molecular weight is 544 g/mol. The number of ether oxygens (including phenoxy) is 2. The van der Waals surface area contributed by atoms with E-state index in [1.165, 1.54) is 11.1 Å². The molecule has 0 radical (unpaired) electrons. The Labute approximate surface area is 203 Å². The van der Waals surface area contributed by atoms with Crippen molar-refractivity contribution in [1.29, 1.82) is 0 Å². The first-order valence-corrected chi connectivity index (χ1v) is 11.2. The maximum Gasteiger partial charge on any atom is 0.222 e. The molecule has 0 aromatic heterocycles. The number of carbonyl (C=O) groups is 1. The van der Waals surface area contributed by atoms with Crippen molar-refractivity contribution in [2.24, 2.45) is 10.9 Å². The van der Waals surface area contributed by atoms with Gasteiger partial charge in [0.15, 0.2) is 5.96 Å². The van der Waals surface area contributed by atoms with Crippen molar-refractivity contribution in [2.75, 3.05) is 46.6 Å². The molecule has 0 spiro atoms. The SMILES string of the molecule is CN=C(NCCCOCC1CCOCC1)NCc1ccc(CN2CCCC2=O)cc1.I. The first-order chi connectivity index (χ1) is 14.7. The van der Waals surface area contributed by atoms with E-state index in [2.05, 4.69) is 39.9 Å². The molecule has 2 aliphatic heterocycles. The lowest BCUT2D eigenvalue weighted by Gasteiger charge is -2.21. The van der Waals surface area contributed by atoms with E-state index in [0.29, 0.717) is 25.4 Å². The second-order valence-corrected chi connectivity index (χ2v) is 8.07. The third-order valence-electron chi connectivity index (χ3n) is 5.70. The van der Waals surface area contributed by atoms with Gasteiger partial charge in [-0.05, 0) is 42.7 Å². The molecule has 8 heteroatoms. The number of guanidine groups is 1. The van der Waals surface area contributed by atoms with E-state index in [0.717, 1.165) is 71.2 Å². The van der Waals surface area contributed by atoms with Crippen LogP contribution in [-0.2, 0) is 27.4 Å². The molecule has 1 aromatic rings.